The quantitative estimate of drug-likeness (QED) is 0.908. The summed E-state index contributed by atoms with van der Waals surface area (Å²) in [6.07, 6.45) is 4.93. The van der Waals surface area contributed by atoms with E-state index in [2.05, 4.69) is 0 Å². The van der Waals surface area contributed by atoms with Crippen LogP contribution in [0.1, 0.15) is 29.6 Å². The van der Waals surface area contributed by atoms with Gasteiger partial charge in [-0.05, 0) is 37.5 Å². The molecule has 5 nitrogen and oxygen atoms in total. The van der Waals surface area contributed by atoms with Gasteiger partial charge in [-0.25, -0.2) is 4.79 Å². The lowest BCUT2D eigenvalue weighted by Gasteiger charge is -2.19. The van der Waals surface area contributed by atoms with E-state index in [1.165, 1.54) is 18.2 Å². The second-order valence-electron chi connectivity index (χ2n) is 4.77. The van der Waals surface area contributed by atoms with E-state index in [9.17, 15) is 9.59 Å². The number of ether oxygens (including phenoxy) is 1. The molecule has 0 fully saturated rings. The van der Waals surface area contributed by atoms with E-state index < -0.39 is 5.97 Å². The number of likely N-dealkylation sites (N-methyl/N-ethyl adjacent to an activating group) is 1. The zero-order valence-corrected chi connectivity index (χ0v) is 12.4. The van der Waals surface area contributed by atoms with Crippen molar-refractivity contribution in [3.8, 4) is 5.75 Å². The maximum atomic E-state index is 12.0. The van der Waals surface area contributed by atoms with Crippen LogP contribution >= 0.6 is 11.6 Å². The van der Waals surface area contributed by atoms with E-state index in [0.29, 0.717) is 5.02 Å². The van der Waals surface area contributed by atoms with E-state index in [0.717, 1.165) is 25.0 Å². The third-order valence-corrected chi connectivity index (χ3v) is 3.58. The van der Waals surface area contributed by atoms with Crippen molar-refractivity contribution in [3.05, 3.63) is 40.6 Å². The number of carboxylic acids is 1. The number of carbonyl (C=O) groups is 2. The molecule has 1 aromatic carbocycles. The van der Waals surface area contributed by atoms with Gasteiger partial charge in [0.15, 0.2) is 6.61 Å². The topological polar surface area (TPSA) is 66.8 Å². The van der Waals surface area contributed by atoms with Crippen molar-refractivity contribution in [2.75, 3.05) is 13.7 Å². The van der Waals surface area contributed by atoms with E-state index in [-0.39, 0.29) is 23.8 Å². The zero-order valence-electron chi connectivity index (χ0n) is 11.6. The molecular formula is C15H16ClNO4. The Morgan fingerprint density at radius 1 is 1.43 bits per heavy atom. The summed E-state index contributed by atoms with van der Waals surface area (Å²) in [4.78, 5) is 24.7. The zero-order chi connectivity index (χ0) is 15.4. The van der Waals surface area contributed by atoms with Gasteiger partial charge in [0.2, 0.25) is 0 Å². The number of halogens is 1. The molecule has 0 atom stereocenters. The van der Waals surface area contributed by atoms with Gasteiger partial charge >= 0.3 is 5.97 Å². The molecule has 1 N–H and O–H groups in total. The molecular weight excluding hydrogens is 294 g/mol. The number of benzene rings is 1. The number of amides is 1. The van der Waals surface area contributed by atoms with E-state index in [1.54, 1.807) is 11.9 Å². The van der Waals surface area contributed by atoms with Crippen molar-refractivity contribution >= 4 is 23.5 Å². The summed E-state index contributed by atoms with van der Waals surface area (Å²) in [5.74, 6) is -1.25. The van der Waals surface area contributed by atoms with Crippen LogP contribution in [0.4, 0.5) is 0 Å². The Kier molecular flexibility index (Phi) is 4.85. The lowest BCUT2D eigenvalue weighted by atomic mass is 10.2. The first kappa shape index (κ1) is 15.4. The van der Waals surface area contributed by atoms with Crippen LogP contribution in [0.15, 0.2) is 30.0 Å². The lowest BCUT2D eigenvalue weighted by Crippen LogP contribution is -2.30. The van der Waals surface area contributed by atoms with Crippen LogP contribution in [-0.4, -0.2) is 35.5 Å². The molecule has 112 valence electrons. The molecule has 0 heterocycles. The van der Waals surface area contributed by atoms with Gasteiger partial charge < -0.3 is 14.7 Å². The lowest BCUT2D eigenvalue weighted by molar-refractivity contribution is -0.130. The molecule has 0 bridgehead atoms. The number of carboxylic acid groups (broad SMARTS) is 1. The molecule has 2 rings (SSSR count). The first-order valence-electron chi connectivity index (χ1n) is 6.60. The third kappa shape index (κ3) is 3.76. The van der Waals surface area contributed by atoms with Gasteiger partial charge in [-0.1, -0.05) is 17.7 Å². The van der Waals surface area contributed by atoms with E-state index in [1.807, 2.05) is 6.08 Å². The molecule has 0 saturated carbocycles. The Bertz CT molecular complexity index is 597. The standard InChI is InChI=1S/C15H16ClNO4/c1-17(11-4-2-3-5-11)14(18)9-21-13-8-10(16)6-7-12(13)15(19)20/h4,6-8H,2-3,5,9H2,1H3,(H,19,20). The van der Waals surface area contributed by atoms with Crippen molar-refractivity contribution in [1.29, 1.82) is 0 Å². The minimum Gasteiger partial charge on any atom is -0.483 e. The first-order chi connectivity index (χ1) is 9.99. The average molecular weight is 310 g/mol. The summed E-state index contributed by atoms with van der Waals surface area (Å²) < 4.78 is 5.34. The molecule has 6 heteroatoms. The van der Waals surface area contributed by atoms with Crippen LogP contribution in [0, 0.1) is 0 Å². The minimum atomic E-state index is -1.12. The predicted octanol–water partition coefficient (Wildman–Crippen LogP) is 2.94. The molecule has 0 aromatic heterocycles. The third-order valence-electron chi connectivity index (χ3n) is 3.35. The summed E-state index contributed by atoms with van der Waals surface area (Å²) in [7, 11) is 1.69. The molecule has 1 amide bonds. The van der Waals surface area contributed by atoms with Crippen LogP contribution in [-0.2, 0) is 4.79 Å². The monoisotopic (exact) mass is 309 g/mol. The molecule has 1 aliphatic carbocycles. The van der Waals surface area contributed by atoms with Gasteiger partial charge in [0.25, 0.3) is 5.91 Å². The second kappa shape index (κ2) is 6.63. The van der Waals surface area contributed by atoms with Gasteiger partial charge in [-0.3, -0.25) is 4.79 Å². The number of nitrogens with zero attached hydrogens (tertiary/aromatic N) is 1. The highest BCUT2D eigenvalue weighted by atomic mass is 35.5. The van der Waals surface area contributed by atoms with Crippen molar-refractivity contribution < 1.29 is 19.4 Å². The Hall–Kier alpha value is -2.01. The average Bonchev–Trinajstić information content (AvgIpc) is 2.97. The summed E-state index contributed by atoms with van der Waals surface area (Å²) in [6.45, 7) is -0.228. The van der Waals surface area contributed by atoms with E-state index >= 15 is 0 Å². The molecule has 21 heavy (non-hydrogen) atoms. The summed E-state index contributed by atoms with van der Waals surface area (Å²) in [5, 5.41) is 9.43. The minimum absolute atomic E-state index is 0.0186. The van der Waals surface area contributed by atoms with Crippen molar-refractivity contribution in [1.82, 2.24) is 4.90 Å². The highest BCUT2D eigenvalue weighted by Crippen LogP contribution is 2.24. The maximum absolute atomic E-state index is 12.0. The number of allylic oxidation sites excluding steroid dienone is 2. The van der Waals surface area contributed by atoms with Gasteiger partial charge in [0.1, 0.15) is 11.3 Å². The second-order valence-corrected chi connectivity index (χ2v) is 5.21. The number of hydrogen-bond acceptors (Lipinski definition) is 3. The number of rotatable bonds is 5. The molecule has 0 unspecified atom stereocenters. The molecule has 1 aromatic rings. The predicted molar refractivity (Wildman–Crippen MR) is 78.6 cm³/mol. The Balaban J connectivity index is 2.04. The van der Waals surface area contributed by atoms with Crippen LogP contribution in [0.5, 0.6) is 5.75 Å². The molecule has 1 aliphatic rings. The SMILES string of the molecule is CN(C(=O)COc1cc(Cl)ccc1C(=O)O)C1=CCCC1. The van der Waals surface area contributed by atoms with Crippen molar-refractivity contribution in [2.45, 2.75) is 19.3 Å². The van der Waals surface area contributed by atoms with Crippen LogP contribution in [0.25, 0.3) is 0 Å². The van der Waals surface area contributed by atoms with Gasteiger partial charge in [0, 0.05) is 17.8 Å². The van der Waals surface area contributed by atoms with Crippen LogP contribution in [0.3, 0.4) is 0 Å². The highest BCUT2D eigenvalue weighted by molar-refractivity contribution is 6.30. The summed E-state index contributed by atoms with van der Waals surface area (Å²) in [6, 6.07) is 4.22. The van der Waals surface area contributed by atoms with Crippen LogP contribution < -0.4 is 4.74 Å². The Labute approximate surface area is 127 Å². The van der Waals surface area contributed by atoms with Gasteiger partial charge in [-0.15, -0.1) is 0 Å². The molecule has 0 radical (unpaired) electrons. The number of aromatic carboxylic acids is 1. The Morgan fingerprint density at radius 3 is 2.81 bits per heavy atom. The first-order valence-corrected chi connectivity index (χ1v) is 6.98. The summed E-state index contributed by atoms with van der Waals surface area (Å²) >= 11 is 5.83. The number of hydrogen-bond donors (Lipinski definition) is 1. The normalized spacial score (nSPS) is 13.7. The highest BCUT2D eigenvalue weighted by Gasteiger charge is 2.18. The molecule has 0 spiro atoms. The van der Waals surface area contributed by atoms with Gasteiger partial charge in [-0.2, -0.15) is 0 Å². The Morgan fingerprint density at radius 2 is 2.19 bits per heavy atom. The largest absolute Gasteiger partial charge is 0.483 e. The van der Waals surface area contributed by atoms with Crippen molar-refractivity contribution in [2.24, 2.45) is 0 Å². The van der Waals surface area contributed by atoms with Crippen molar-refractivity contribution in [3.63, 3.8) is 0 Å². The fourth-order valence-electron chi connectivity index (χ4n) is 2.15. The number of carbonyl (C=O) groups excluding carboxylic acids is 1. The fourth-order valence-corrected chi connectivity index (χ4v) is 2.31. The summed E-state index contributed by atoms with van der Waals surface area (Å²) in [5.41, 5.74) is 0.961. The molecule has 0 aliphatic heterocycles. The maximum Gasteiger partial charge on any atom is 0.339 e. The fraction of sp³-hybridized carbons (Fsp3) is 0.333. The van der Waals surface area contributed by atoms with E-state index in [4.69, 9.17) is 21.4 Å². The molecule has 0 saturated heterocycles. The smallest absolute Gasteiger partial charge is 0.339 e. The van der Waals surface area contributed by atoms with Gasteiger partial charge in [0.05, 0.1) is 0 Å². The van der Waals surface area contributed by atoms with Crippen LogP contribution in [0.2, 0.25) is 5.02 Å².